The molecule has 0 saturated heterocycles. The average molecular weight is 473 g/mol. The highest BCUT2D eigenvalue weighted by molar-refractivity contribution is 5.65. The van der Waals surface area contributed by atoms with E-state index in [-0.39, 0.29) is 35.5 Å². The Kier molecular flexibility index (Phi) is 7.57. The monoisotopic (exact) mass is 472 g/mol. The van der Waals surface area contributed by atoms with Gasteiger partial charge in [-0.3, -0.25) is 0 Å². The summed E-state index contributed by atoms with van der Waals surface area (Å²) in [5.41, 5.74) is 2.48. The molecule has 2 nitrogen and oxygen atoms in total. The summed E-state index contributed by atoms with van der Waals surface area (Å²) in [5, 5.41) is 0. The minimum absolute atomic E-state index is 0.0430. The van der Waals surface area contributed by atoms with Crippen LogP contribution in [0.3, 0.4) is 0 Å². The summed E-state index contributed by atoms with van der Waals surface area (Å²) < 4.78 is 68.6. The molecule has 6 heteroatoms. The van der Waals surface area contributed by atoms with Gasteiger partial charge in [-0.2, -0.15) is 4.39 Å². The summed E-state index contributed by atoms with van der Waals surface area (Å²) in [5.74, 6) is -3.86. The van der Waals surface area contributed by atoms with Crippen molar-refractivity contribution in [2.75, 3.05) is 7.11 Å². The van der Waals surface area contributed by atoms with Crippen LogP contribution in [0.1, 0.15) is 55.2 Å². The van der Waals surface area contributed by atoms with Crippen molar-refractivity contribution in [3.05, 3.63) is 88.5 Å². The number of hydrogen-bond acceptors (Lipinski definition) is 2. The first kappa shape index (κ1) is 24.3. The molecule has 1 aliphatic carbocycles. The van der Waals surface area contributed by atoms with E-state index >= 15 is 0 Å². The van der Waals surface area contributed by atoms with E-state index in [9.17, 15) is 17.6 Å². The first-order valence-electron chi connectivity index (χ1n) is 11.6. The second-order valence-electron chi connectivity index (χ2n) is 8.72. The van der Waals surface area contributed by atoms with E-state index in [0.717, 1.165) is 12.0 Å². The first-order chi connectivity index (χ1) is 16.4. The Hall–Kier alpha value is -2.86. The van der Waals surface area contributed by atoms with E-state index < -0.39 is 23.3 Å². The van der Waals surface area contributed by atoms with Crippen molar-refractivity contribution in [3.8, 4) is 16.9 Å². The summed E-state index contributed by atoms with van der Waals surface area (Å²) in [6.07, 6.45) is 3.23. The van der Waals surface area contributed by atoms with Gasteiger partial charge in [0.1, 0.15) is 0 Å². The number of methoxy groups -OCH3 is 1. The van der Waals surface area contributed by atoms with Crippen molar-refractivity contribution in [3.63, 3.8) is 0 Å². The molecule has 1 fully saturated rings. The van der Waals surface area contributed by atoms with Gasteiger partial charge in [0.05, 0.1) is 19.8 Å². The summed E-state index contributed by atoms with van der Waals surface area (Å²) in [4.78, 5) is 0. The van der Waals surface area contributed by atoms with Gasteiger partial charge in [-0.05, 0) is 60.8 Å². The molecule has 0 atom stereocenters. The van der Waals surface area contributed by atoms with Crippen molar-refractivity contribution < 1.29 is 27.0 Å². The van der Waals surface area contributed by atoms with Gasteiger partial charge >= 0.3 is 0 Å². The Balaban J connectivity index is 1.36. The Bertz CT molecular complexity index is 1140. The number of hydrogen-bond donors (Lipinski definition) is 0. The largest absolute Gasteiger partial charge is 0.494 e. The summed E-state index contributed by atoms with van der Waals surface area (Å²) in [7, 11) is 1.30. The Labute approximate surface area is 197 Å². The first-order valence-corrected chi connectivity index (χ1v) is 11.6. The maximum atomic E-state index is 14.8. The number of aryl methyl sites for hydroxylation is 1. The molecular formula is C28H28F4O2. The molecule has 0 radical (unpaired) electrons. The van der Waals surface area contributed by atoms with Gasteiger partial charge in [0, 0.05) is 11.1 Å². The topological polar surface area (TPSA) is 18.5 Å². The zero-order valence-electron chi connectivity index (χ0n) is 19.3. The molecule has 0 bridgehead atoms. The lowest BCUT2D eigenvalue weighted by Crippen LogP contribution is -2.21. The van der Waals surface area contributed by atoms with Gasteiger partial charge in [0.2, 0.25) is 5.82 Å². The highest BCUT2D eigenvalue weighted by Crippen LogP contribution is 2.38. The predicted octanol–water partition coefficient (Wildman–Crippen LogP) is 7.72. The third-order valence-electron chi connectivity index (χ3n) is 6.72. The predicted molar refractivity (Wildman–Crippen MR) is 124 cm³/mol. The summed E-state index contributed by atoms with van der Waals surface area (Å²) in [6, 6.07) is 13.6. The van der Waals surface area contributed by atoms with Crippen molar-refractivity contribution in [1.82, 2.24) is 0 Å². The van der Waals surface area contributed by atoms with Crippen LogP contribution in [0.15, 0.2) is 48.5 Å². The second-order valence-corrected chi connectivity index (χ2v) is 8.72. The molecule has 4 rings (SSSR count). The molecule has 1 saturated carbocycles. The molecule has 34 heavy (non-hydrogen) atoms. The highest BCUT2D eigenvalue weighted by Gasteiger charge is 2.27. The fourth-order valence-corrected chi connectivity index (χ4v) is 4.61. The third kappa shape index (κ3) is 4.97. The van der Waals surface area contributed by atoms with Crippen molar-refractivity contribution >= 4 is 0 Å². The van der Waals surface area contributed by atoms with Gasteiger partial charge in [-0.15, -0.1) is 0 Å². The van der Waals surface area contributed by atoms with E-state index in [4.69, 9.17) is 9.47 Å². The Morgan fingerprint density at radius 3 is 2.12 bits per heavy atom. The molecule has 180 valence electrons. The van der Waals surface area contributed by atoms with Gasteiger partial charge in [-0.1, -0.05) is 49.4 Å². The molecule has 0 spiro atoms. The molecule has 3 aromatic rings. The van der Waals surface area contributed by atoms with Crippen LogP contribution >= 0.6 is 0 Å². The van der Waals surface area contributed by atoms with Crippen LogP contribution in [-0.2, 0) is 17.8 Å². The molecule has 0 heterocycles. The van der Waals surface area contributed by atoms with Gasteiger partial charge < -0.3 is 9.47 Å². The highest BCUT2D eigenvalue weighted by atomic mass is 19.2. The van der Waals surface area contributed by atoms with Crippen LogP contribution in [0.25, 0.3) is 11.1 Å². The van der Waals surface area contributed by atoms with E-state index in [0.29, 0.717) is 36.8 Å². The third-order valence-corrected chi connectivity index (χ3v) is 6.72. The van der Waals surface area contributed by atoms with Crippen LogP contribution < -0.4 is 4.74 Å². The van der Waals surface area contributed by atoms with Crippen LogP contribution in [0.5, 0.6) is 5.75 Å². The van der Waals surface area contributed by atoms with E-state index in [1.807, 2.05) is 19.1 Å². The quantitative estimate of drug-likeness (QED) is 0.328. The summed E-state index contributed by atoms with van der Waals surface area (Å²) >= 11 is 0. The molecule has 0 aliphatic heterocycles. The van der Waals surface area contributed by atoms with E-state index in [2.05, 4.69) is 0 Å². The van der Waals surface area contributed by atoms with Gasteiger partial charge in [0.15, 0.2) is 23.2 Å². The summed E-state index contributed by atoms with van der Waals surface area (Å²) in [6.45, 7) is 1.99. The standard InChI is InChI=1S/C28H28F4O2/c1-3-17-4-6-18(7-5-17)22-13-10-20(25(29)26(22)30)16-34-21-11-8-19(9-12-21)23-14-15-24(33-2)28(32)27(23)31/h4-7,10,13-15,19,21H,3,8-9,11-12,16H2,1-2H3. The van der Waals surface area contributed by atoms with Crippen molar-refractivity contribution in [2.24, 2.45) is 0 Å². The average Bonchev–Trinajstić information content (AvgIpc) is 2.87. The lowest BCUT2D eigenvalue weighted by Gasteiger charge is -2.29. The molecule has 3 aromatic carbocycles. The molecular weight excluding hydrogens is 444 g/mol. The number of rotatable bonds is 7. The molecule has 0 N–H and O–H groups in total. The van der Waals surface area contributed by atoms with E-state index in [1.54, 1.807) is 30.3 Å². The van der Waals surface area contributed by atoms with Gasteiger partial charge in [0.25, 0.3) is 0 Å². The molecule has 0 unspecified atom stereocenters. The van der Waals surface area contributed by atoms with Crippen LogP contribution in [0.4, 0.5) is 17.6 Å². The lowest BCUT2D eigenvalue weighted by atomic mass is 9.82. The van der Waals surface area contributed by atoms with Gasteiger partial charge in [-0.25, -0.2) is 13.2 Å². The van der Waals surface area contributed by atoms with E-state index in [1.165, 1.54) is 13.2 Å². The van der Waals surface area contributed by atoms with Crippen molar-refractivity contribution in [1.29, 1.82) is 0 Å². The second kappa shape index (κ2) is 10.6. The van der Waals surface area contributed by atoms with Crippen LogP contribution in [-0.4, -0.2) is 13.2 Å². The normalized spacial score (nSPS) is 18.2. The fraction of sp³-hybridized carbons (Fsp3) is 0.357. The molecule has 0 aromatic heterocycles. The lowest BCUT2D eigenvalue weighted by molar-refractivity contribution is 0.0116. The smallest absolute Gasteiger partial charge is 0.200 e. The van der Waals surface area contributed by atoms with Crippen LogP contribution in [0, 0.1) is 23.3 Å². The maximum Gasteiger partial charge on any atom is 0.200 e. The molecule has 0 amide bonds. The number of halogens is 4. The zero-order chi connectivity index (χ0) is 24.2. The Morgan fingerprint density at radius 2 is 1.47 bits per heavy atom. The minimum atomic E-state index is -0.972. The molecule has 1 aliphatic rings. The zero-order valence-corrected chi connectivity index (χ0v) is 19.3. The number of ether oxygens (including phenoxy) is 2. The Morgan fingerprint density at radius 1 is 0.765 bits per heavy atom. The number of benzene rings is 3. The van der Waals surface area contributed by atoms with Crippen LogP contribution in [0.2, 0.25) is 0 Å². The van der Waals surface area contributed by atoms with Crippen molar-refractivity contribution in [2.45, 2.75) is 57.7 Å². The maximum absolute atomic E-state index is 14.8. The SMILES string of the molecule is CCc1ccc(-c2ccc(COC3CCC(c4ccc(OC)c(F)c4F)CC3)c(F)c2F)cc1. The fourth-order valence-electron chi connectivity index (χ4n) is 4.61. The minimum Gasteiger partial charge on any atom is -0.494 e.